The van der Waals surface area contributed by atoms with Crippen molar-refractivity contribution < 1.29 is 54.8 Å². The molecule has 4 rings (SSSR count). The first kappa shape index (κ1) is 36.9. The Morgan fingerprint density at radius 2 is 1.80 bits per heavy atom. The Hall–Kier alpha value is -4.28. The molecular weight excluding hydrogens is 623 g/mol. The van der Waals surface area contributed by atoms with Crippen molar-refractivity contribution in [3.63, 3.8) is 0 Å². The molecule has 0 aromatic heterocycles. The van der Waals surface area contributed by atoms with Gasteiger partial charge in [0.25, 0.3) is 22.5 Å². The van der Waals surface area contributed by atoms with Crippen LogP contribution in [0.4, 0.5) is 13.2 Å². The van der Waals surface area contributed by atoms with Gasteiger partial charge in [-0.3, -0.25) is 18.6 Å². The molecule has 45 heavy (non-hydrogen) atoms. The van der Waals surface area contributed by atoms with Crippen LogP contribution in [-0.4, -0.2) is 86.4 Å². The molecule has 3 N–H and O–H groups in total. The van der Waals surface area contributed by atoms with Crippen molar-refractivity contribution in [3.8, 4) is 0 Å². The van der Waals surface area contributed by atoms with Crippen LogP contribution in [0.2, 0.25) is 0 Å². The zero-order valence-electron chi connectivity index (χ0n) is 23.4. The van der Waals surface area contributed by atoms with E-state index in [2.05, 4.69) is 8.92 Å². The SMILES string of the molecule is C.COS(=O)(=O)c1cccc(C(=O)N2C[C@@H]3CCN(C(=O)C[C@H](N)Cc4cc(F)c(F)cc4F)[C@@H]3C2)c1.O=CO/C=C/C(=O)O. The Balaban J connectivity index is 0.000000693. The van der Waals surface area contributed by atoms with E-state index in [-0.39, 0.29) is 73.1 Å². The van der Waals surface area contributed by atoms with Crippen molar-refractivity contribution in [2.75, 3.05) is 26.7 Å². The summed E-state index contributed by atoms with van der Waals surface area (Å²) in [5.74, 6) is -5.11. The highest BCUT2D eigenvalue weighted by atomic mass is 32.2. The van der Waals surface area contributed by atoms with E-state index in [0.717, 1.165) is 19.4 Å². The first-order chi connectivity index (χ1) is 20.8. The van der Waals surface area contributed by atoms with Gasteiger partial charge in [-0.15, -0.1) is 0 Å². The van der Waals surface area contributed by atoms with E-state index in [0.29, 0.717) is 31.7 Å². The Morgan fingerprint density at radius 3 is 2.44 bits per heavy atom. The second-order valence-electron chi connectivity index (χ2n) is 9.96. The van der Waals surface area contributed by atoms with Crippen LogP contribution in [0.5, 0.6) is 0 Å². The highest BCUT2D eigenvalue weighted by Gasteiger charge is 2.44. The average Bonchev–Trinajstić information content (AvgIpc) is 3.57. The average molecular weight is 658 g/mol. The lowest BCUT2D eigenvalue weighted by Crippen LogP contribution is -2.43. The Morgan fingerprint density at radius 1 is 1.11 bits per heavy atom. The number of nitrogens with zero attached hydrogens (tertiary/aromatic N) is 2. The van der Waals surface area contributed by atoms with E-state index in [1.165, 1.54) is 24.3 Å². The van der Waals surface area contributed by atoms with Gasteiger partial charge in [-0.2, -0.15) is 8.42 Å². The van der Waals surface area contributed by atoms with Crippen molar-refractivity contribution in [1.29, 1.82) is 0 Å². The van der Waals surface area contributed by atoms with Crippen LogP contribution in [0.3, 0.4) is 0 Å². The van der Waals surface area contributed by atoms with Crippen molar-refractivity contribution in [1.82, 2.24) is 9.80 Å². The lowest BCUT2D eigenvalue weighted by atomic mass is 10.0. The zero-order valence-corrected chi connectivity index (χ0v) is 24.2. The van der Waals surface area contributed by atoms with Gasteiger partial charge >= 0.3 is 5.97 Å². The number of carbonyl (C=O) groups excluding carboxylic acids is 3. The van der Waals surface area contributed by atoms with Crippen molar-refractivity contribution >= 4 is 34.4 Å². The van der Waals surface area contributed by atoms with Crippen LogP contribution in [0.1, 0.15) is 36.2 Å². The largest absolute Gasteiger partial charge is 0.478 e. The molecule has 2 aliphatic rings. The van der Waals surface area contributed by atoms with Crippen LogP contribution in [-0.2, 0) is 39.8 Å². The van der Waals surface area contributed by atoms with Gasteiger partial charge in [0.2, 0.25) is 5.91 Å². The molecular formula is C29H34F3N3O9S. The van der Waals surface area contributed by atoms with Crippen molar-refractivity contribution in [2.24, 2.45) is 11.7 Å². The quantitative estimate of drug-likeness (QED) is 0.127. The third-order valence-corrected chi connectivity index (χ3v) is 8.37. The van der Waals surface area contributed by atoms with Crippen LogP contribution in [0.15, 0.2) is 53.6 Å². The van der Waals surface area contributed by atoms with Crippen LogP contribution >= 0.6 is 0 Å². The molecule has 2 fully saturated rings. The van der Waals surface area contributed by atoms with E-state index in [9.17, 15) is 40.8 Å². The molecule has 2 saturated heterocycles. The van der Waals surface area contributed by atoms with E-state index in [1.807, 2.05) is 0 Å². The van der Waals surface area contributed by atoms with Crippen molar-refractivity contribution in [3.05, 3.63) is 77.3 Å². The minimum atomic E-state index is -3.95. The molecule has 12 nitrogen and oxygen atoms in total. The summed E-state index contributed by atoms with van der Waals surface area (Å²) in [6, 6.07) is 5.75. The van der Waals surface area contributed by atoms with E-state index >= 15 is 0 Å². The molecule has 2 aliphatic heterocycles. The number of amides is 2. The fourth-order valence-corrected chi connectivity index (χ4v) is 5.76. The summed E-state index contributed by atoms with van der Waals surface area (Å²) in [5.41, 5.74) is 6.11. The highest BCUT2D eigenvalue weighted by Crippen LogP contribution is 2.33. The normalized spacial score (nSPS) is 18.0. The molecule has 0 radical (unpaired) electrons. The van der Waals surface area contributed by atoms with Crippen LogP contribution in [0, 0.1) is 23.4 Å². The summed E-state index contributed by atoms with van der Waals surface area (Å²) in [6.07, 6.45) is 1.93. The first-order valence-corrected chi connectivity index (χ1v) is 14.5. The smallest absolute Gasteiger partial charge is 0.331 e. The number of fused-ring (bicyclic) bond motifs is 1. The molecule has 2 aromatic rings. The lowest BCUT2D eigenvalue weighted by Gasteiger charge is -2.26. The molecule has 2 aromatic carbocycles. The summed E-state index contributed by atoms with van der Waals surface area (Å²) in [6.45, 7) is 1.33. The minimum absolute atomic E-state index is 0. The molecule has 0 bridgehead atoms. The number of ether oxygens (including phenoxy) is 1. The molecule has 246 valence electrons. The summed E-state index contributed by atoms with van der Waals surface area (Å²) in [5, 5.41) is 7.86. The van der Waals surface area contributed by atoms with Gasteiger partial charge in [0, 0.05) is 49.6 Å². The Kier molecular flexibility index (Phi) is 13.2. The predicted octanol–water partition coefficient (Wildman–Crippen LogP) is 2.47. The molecule has 0 unspecified atom stereocenters. The maximum Gasteiger partial charge on any atom is 0.331 e. The summed E-state index contributed by atoms with van der Waals surface area (Å²) in [4.78, 5) is 48.1. The van der Waals surface area contributed by atoms with E-state index in [4.69, 9.17) is 10.8 Å². The topological polar surface area (TPSA) is 174 Å². The predicted molar refractivity (Wildman–Crippen MR) is 153 cm³/mol. The van der Waals surface area contributed by atoms with E-state index < -0.39 is 39.6 Å². The second kappa shape index (κ2) is 16.2. The van der Waals surface area contributed by atoms with Gasteiger partial charge in [0.15, 0.2) is 11.6 Å². The number of likely N-dealkylation sites (tertiary alicyclic amines) is 2. The molecule has 0 aliphatic carbocycles. The third-order valence-electron chi connectivity index (χ3n) is 7.10. The van der Waals surface area contributed by atoms with Crippen LogP contribution < -0.4 is 5.73 Å². The van der Waals surface area contributed by atoms with Gasteiger partial charge in [-0.1, -0.05) is 13.5 Å². The molecule has 0 spiro atoms. The first-order valence-electron chi connectivity index (χ1n) is 13.1. The number of carboxylic acids is 1. The zero-order chi connectivity index (χ0) is 32.6. The minimum Gasteiger partial charge on any atom is -0.478 e. The highest BCUT2D eigenvalue weighted by molar-refractivity contribution is 7.86. The number of halogens is 3. The van der Waals surface area contributed by atoms with Gasteiger partial charge in [-0.05, 0) is 42.7 Å². The van der Waals surface area contributed by atoms with Gasteiger partial charge < -0.3 is 25.4 Å². The second-order valence-corrected chi connectivity index (χ2v) is 11.7. The van der Waals surface area contributed by atoms with Gasteiger partial charge in [0.05, 0.1) is 24.1 Å². The number of carboxylic acid groups (broad SMARTS) is 1. The number of carbonyl (C=O) groups is 4. The number of hydrogen-bond donors (Lipinski definition) is 2. The lowest BCUT2D eigenvalue weighted by molar-refractivity contribution is -0.133. The van der Waals surface area contributed by atoms with Gasteiger partial charge in [-0.25, -0.2) is 18.0 Å². The van der Waals surface area contributed by atoms with Gasteiger partial charge in [0.1, 0.15) is 12.1 Å². The standard InChI is InChI=1S/C24H26F3N3O5S.C4H4O4.CH4/c1-35-36(33,34)18-4-2-3-14(8-18)24(32)29-12-15-5-6-30(22(15)13-29)23(31)10-17(28)7-16-9-20(26)21(27)11-19(16)25;5-3-8-2-1-4(6)7;/h2-4,8-9,11,15,17,22H,5-7,10,12-13,28H2,1H3;1-3H,(H,6,7);1H4/b;2-1+;/t15-,17+,22+;;/m0../s1. The maximum absolute atomic E-state index is 13.9. The summed E-state index contributed by atoms with van der Waals surface area (Å²) in [7, 11) is -2.91. The Bertz CT molecular complexity index is 1540. The molecule has 3 atom stereocenters. The number of rotatable bonds is 10. The number of benzene rings is 2. The molecule has 2 amide bonds. The fraction of sp³-hybridized carbons (Fsp3) is 0.379. The van der Waals surface area contributed by atoms with E-state index in [1.54, 1.807) is 9.80 Å². The maximum atomic E-state index is 13.9. The number of hydrogen-bond acceptors (Lipinski definition) is 9. The molecule has 2 heterocycles. The molecule has 16 heteroatoms. The summed E-state index contributed by atoms with van der Waals surface area (Å²) >= 11 is 0. The van der Waals surface area contributed by atoms with Crippen molar-refractivity contribution in [2.45, 2.75) is 43.7 Å². The monoisotopic (exact) mass is 657 g/mol. The number of aliphatic carboxylic acids is 1. The van der Waals surface area contributed by atoms with Crippen LogP contribution in [0.25, 0.3) is 0 Å². The fourth-order valence-electron chi connectivity index (χ4n) is 5.05. The molecule has 0 saturated carbocycles. The summed E-state index contributed by atoms with van der Waals surface area (Å²) < 4.78 is 72.9. The number of nitrogens with two attached hydrogens (primary N) is 1. The third kappa shape index (κ3) is 9.60. The Labute approximate surface area is 258 Å².